The first kappa shape index (κ1) is 19.8. The Balaban J connectivity index is 1.54. The minimum Gasteiger partial charge on any atom is -0.339 e. The lowest BCUT2D eigenvalue weighted by Gasteiger charge is -2.10. The molecule has 0 aliphatic heterocycles. The van der Waals surface area contributed by atoms with E-state index in [4.69, 9.17) is 4.52 Å². The number of hydrogen-bond donors (Lipinski definition) is 2. The van der Waals surface area contributed by atoms with Gasteiger partial charge in [0.1, 0.15) is 0 Å². The summed E-state index contributed by atoms with van der Waals surface area (Å²) < 4.78 is 5.20. The van der Waals surface area contributed by atoms with Crippen molar-refractivity contribution >= 4 is 34.5 Å². The van der Waals surface area contributed by atoms with Crippen LogP contribution in [-0.4, -0.2) is 22.0 Å². The highest BCUT2D eigenvalue weighted by molar-refractivity contribution is 7.12. The summed E-state index contributed by atoms with van der Waals surface area (Å²) in [5, 5.41) is 11.4. The Labute approximate surface area is 167 Å². The number of amides is 2. The van der Waals surface area contributed by atoms with Gasteiger partial charge in [0.25, 0.3) is 5.91 Å². The van der Waals surface area contributed by atoms with Crippen molar-refractivity contribution < 1.29 is 14.1 Å². The van der Waals surface area contributed by atoms with Crippen molar-refractivity contribution in [1.82, 2.24) is 10.1 Å². The van der Waals surface area contributed by atoms with Crippen molar-refractivity contribution in [3.63, 3.8) is 0 Å². The number of carbonyl (C=O) groups excluding carboxylic acids is 2. The molecule has 2 aromatic heterocycles. The fourth-order valence-corrected chi connectivity index (χ4v) is 3.00. The highest BCUT2D eigenvalue weighted by atomic mass is 32.1. The van der Waals surface area contributed by atoms with Crippen LogP contribution in [0.25, 0.3) is 0 Å². The van der Waals surface area contributed by atoms with Crippen LogP contribution in [0, 0.1) is 0 Å². The molecule has 3 aromatic rings. The first-order valence-electron chi connectivity index (χ1n) is 8.89. The Morgan fingerprint density at radius 2 is 1.86 bits per heavy atom. The van der Waals surface area contributed by atoms with Crippen LogP contribution in [0.1, 0.15) is 48.6 Å². The second kappa shape index (κ2) is 8.35. The highest BCUT2D eigenvalue weighted by Gasteiger charge is 2.21. The number of aromatic nitrogens is 2. The molecule has 0 aliphatic rings. The van der Waals surface area contributed by atoms with Crippen molar-refractivity contribution in [2.75, 3.05) is 10.6 Å². The molecule has 0 aliphatic carbocycles. The molecular weight excluding hydrogens is 376 g/mol. The summed E-state index contributed by atoms with van der Waals surface area (Å²) in [6, 6.07) is 10.6. The number of nitrogens with zero attached hydrogens (tertiary/aromatic N) is 2. The van der Waals surface area contributed by atoms with Gasteiger partial charge < -0.3 is 15.2 Å². The van der Waals surface area contributed by atoms with Crippen molar-refractivity contribution in [3.8, 4) is 0 Å². The first-order valence-corrected chi connectivity index (χ1v) is 9.77. The number of benzene rings is 1. The van der Waals surface area contributed by atoms with Crippen molar-refractivity contribution in [2.45, 2.75) is 39.0 Å². The zero-order valence-electron chi connectivity index (χ0n) is 16.0. The molecule has 0 saturated heterocycles. The quantitative estimate of drug-likeness (QED) is 0.647. The molecule has 0 saturated carbocycles. The molecule has 0 fully saturated rings. The normalized spacial score (nSPS) is 11.2. The second-order valence-corrected chi connectivity index (χ2v) is 8.27. The molecule has 0 atom stereocenters. The van der Waals surface area contributed by atoms with Gasteiger partial charge in [-0.2, -0.15) is 4.98 Å². The summed E-state index contributed by atoms with van der Waals surface area (Å²) in [6.45, 7) is 6.00. The highest BCUT2D eigenvalue weighted by Crippen LogP contribution is 2.20. The van der Waals surface area contributed by atoms with Gasteiger partial charge in [-0.1, -0.05) is 38.1 Å². The van der Waals surface area contributed by atoms with Crippen LogP contribution in [0.5, 0.6) is 0 Å². The maximum Gasteiger partial charge on any atom is 0.265 e. The lowest BCUT2D eigenvalue weighted by Crippen LogP contribution is -2.14. The summed E-state index contributed by atoms with van der Waals surface area (Å²) in [5.41, 5.74) is 1.02. The fourth-order valence-electron chi connectivity index (χ4n) is 2.38. The predicted molar refractivity (Wildman–Crippen MR) is 109 cm³/mol. The van der Waals surface area contributed by atoms with Gasteiger partial charge in [-0.3, -0.25) is 9.59 Å². The third kappa shape index (κ3) is 5.26. The summed E-state index contributed by atoms with van der Waals surface area (Å²) >= 11 is 1.37. The number of aryl methyl sites for hydroxylation is 1. The van der Waals surface area contributed by atoms with E-state index >= 15 is 0 Å². The van der Waals surface area contributed by atoms with Crippen molar-refractivity contribution in [3.05, 3.63) is 58.4 Å². The molecular formula is C20H22N4O3S. The van der Waals surface area contributed by atoms with Crippen molar-refractivity contribution in [1.29, 1.82) is 0 Å². The van der Waals surface area contributed by atoms with E-state index in [1.54, 1.807) is 30.3 Å². The van der Waals surface area contributed by atoms with E-state index < -0.39 is 0 Å². The van der Waals surface area contributed by atoms with Crippen LogP contribution < -0.4 is 10.6 Å². The van der Waals surface area contributed by atoms with Crippen LogP contribution >= 0.6 is 11.3 Å². The Bertz CT molecular complexity index is 958. The maximum absolute atomic E-state index is 12.2. The molecule has 28 heavy (non-hydrogen) atoms. The predicted octanol–water partition coefficient (Wildman–Crippen LogP) is 4.25. The largest absolute Gasteiger partial charge is 0.339 e. The number of nitrogens with one attached hydrogen (secondary N) is 2. The third-order valence-corrected chi connectivity index (χ3v) is 4.72. The zero-order chi connectivity index (χ0) is 20.1. The van der Waals surface area contributed by atoms with Gasteiger partial charge in [0.2, 0.25) is 11.8 Å². The van der Waals surface area contributed by atoms with E-state index in [1.165, 1.54) is 11.3 Å². The molecule has 2 N–H and O–H groups in total. The van der Waals surface area contributed by atoms with Gasteiger partial charge in [-0.15, -0.1) is 11.3 Å². The Hall–Kier alpha value is -3.00. The molecule has 2 heterocycles. The monoisotopic (exact) mass is 398 g/mol. The van der Waals surface area contributed by atoms with Gasteiger partial charge in [0.15, 0.2) is 5.82 Å². The first-order chi connectivity index (χ1) is 13.3. The summed E-state index contributed by atoms with van der Waals surface area (Å²) in [4.78, 5) is 29.3. The molecule has 8 heteroatoms. The van der Waals surface area contributed by atoms with E-state index in [0.29, 0.717) is 34.4 Å². The van der Waals surface area contributed by atoms with Gasteiger partial charge in [-0.05, 0) is 29.6 Å². The molecule has 0 spiro atoms. The molecule has 1 aromatic carbocycles. The van der Waals surface area contributed by atoms with E-state index in [-0.39, 0.29) is 23.7 Å². The Kier molecular flexibility index (Phi) is 5.89. The summed E-state index contributed by atoms with van der Waals surface area (Å²) in [5.74, 6) is 0.718. The molecule has 2 amide bonds. The topological polar surface area (TPSA) is 97.1 Å². The number of anilines is 2. The van der Waals surface area contributed by atoms with Crippen LogP contribution in [-0.2, 0) is 16.6 Å². The zero-order valence-corrected chi connectivity index (χ0v) is 16.8. The lowest BCUT2D eigenvalue weighted by molar-refractivity contribution is -0.116. The molecule has 7 nitrogen and oxygen atoms in total. The van der Waals surface area contributed by atoms with Crippen LogP contribution in [0.2, 0.25) is 0 Å². The molecule has 0 radical (unpaired) electrons. The lowest BCUT2D eigenvalue weighted by atomic mass is 9.96. The van der Waals surface area contributed by atoms with E-state index in [2.05, 4.69) is 20.8 Å². The molecule has 0 bridgehead atoms. The summed E-state index contributed by atoms with van der Waals surface area (Å²) in [7, 11) is 0. The van der Waals surface area contributed by atoms with E-state index in [0.717, 1.165) is 0 Å². The van der Waals surface area contributed by atoms with E-state index in [1.807, 2.05) is 32.2 Å². The molecule has 0 unspecified atom stereocenters. The van der Waals surface area contributed by atoms with Crippen LogP contribution in [0.3, 0.4) is 0 Å². The average Bonchev–Trinajstić information content (AvgIpc) is 3.32. The van der Waals surface area contributed by atoms with Gasteiger partial charge in [-0.25, -0.2) is 0 Å². The minimum atomic E-state index is -0.196. The number of thiophene rings is 1. The van der Waals surface area contributed by atoms with Crippen LogP contribution in [0.4, 0.5) is 11.4 Å². The smallest absolute Gasteiger partial charge is 0.265 e. The average molecular weight is 398 g/mol. The molecule has 3 rings (SSSR count). The Morgan fingerprint density at radius 1 is 1.11 bits per heavy atom. The fraction of sp³-hybridized carbons (Fsp3) is 0.300. The molecule has 146 valence electrons. The number of carbonyl (C=O) groups is 2. The number of hydrogen-bond acceptors (Lipinski definition) is 6. The van der Waals surface area contributed by atoms with E-state index in [9.17, 15) is 9.59 Å². The maximum atomic E-state index is 12.2. The Morgan fingerprint density at radius 3 is 2.50 bits per heavy atom. The second-order valence-electron chi connectivity index (χ2n) is 7.32. The van der Waals surface area contributed by atoms with Crippen molar-refractivity contribution in [2.24, 2.45) is 0 Å². The van der Waals surface area contributed by atoms with Gasteiger partial charge in [0, 0.05) is 29.6 Å². The standard InChI is InChI=1S/C20H22N4O3S/c1-20(2,3)19-23-17(27-24-19)10-9-16(25)21-13-6-4-7-14(12-13)22-18(26)15-8-5-11-28-15/h4-8,11-12H,9-10H2,1-3H3,(H,21,25)(H,22,26). The van der Waals surface area contributed by atoms with Gasteiger partial charge in [0.05, 0.1) is 4.88 Å². The SMILES string of the molecule is CC(C)(C)c1noc(CCC(=O)Nc2cccc(NC(=O)c3cccs3)c2)n1. The van der Waals surface area contributed by atoms with Gasteiger partial charge >= 0.3 is 0 Å². The summed E-state index contributed by atoms with van der Waals surface area (Å²) in [6.07, 6.45) is 0.585. The minimum absolute atomic E-state index is 0.169. The third-order valence-electron chi connectivity index (χ3n) is 3.85. The van der Waals surface area contributed by atoms with Crippen LogP contribution in [0.15, 0.2) is 46.3 Å². The number of rotatable bonds is 6.